The Morgan fingerprint density at radius 1 is 1.58 bits per heavy atom. The summed E-state index contributed by atoms with van der Waals surface area (Å²) in [4.78, 5) is 8.27. The average molecular weight is 178 g/mol. The van der Waals surface area contributed by atoms with Gasteiger partial charge in [-0.2, -0.15) is 0 Å². The van der Waals surface area contributed by atoms with Gasteiger partial charge in [-0.25, -0.2) is 4.98 Å². The van der Waals surface area contributed by atoms with Gasteiger partial charge < -0.3 is 4.98 Å². The van der Waals surface area contributed by atoms with Gasteiger partial charge >= 0.3 is 0 Å². The quantitative estimate of drug-likeness (QED) is 0.645. The molecule has 0 aliphatic carbocycles. The highest BCUT2D eigenvalue weighted by Gasteiger charge is 2.04. The fourth-order valence-corrected chi connectivity index (χ4v) is 1.76. The number of H-pyrrole nitrogens is 1. The van der Waals surface area contributed by atoms with Gasteiger partial charge in [0.15, 0.2) is 0 Å². The summed E-state index contributed by atoms with van der Waals surface area (Å²) in [5, 5.41) is 1.19. The Balaban J connectivity index is 2.83. The third kappa shape index (κ3) is 1.01. The lowest BCUT2D eigenvalue weighted by molar-refractivity contribution is 1.08. The van der Waals surface area contributed by atoms with Gasteiger partial charge in [-0.15, -0.1) is 12.6 Å². The van der Waals surface area contributed by atoms with Crippen molar-refractivity contribution in [3.05, 3.63) is 24.0 Å². The minimum Gasteiger partial charge on any atom is -0.346 e. The summed E-state index contributed by atoms with van der Waals surface area (Å²) in [6, 6.07) is 2.04. The number of aromatic nitrogens is 2. The van der Waals surface area contributed by atoms with Gasteiger partial charge in [0.1, 0.15) is 5.65 Å². The zero-order valence-electron chi connectivity index (χ0n) is 6.83. The van der Waals surface area contributed by atoms with E-state index in [1.54, 1.807) is 6.20 Å². The van der Waals surface area contributed by atoms with E-state index in [0.29, 0.717) is 0 Å². The lowest BCUT2D eigenvalue weighted by Gasteiger charge is -2.01. The lowest BCUT2D eigenvalue weighted by Crippen LogP contribution is -1.86. The van der Waals surface area contributed by atoms with Crippen molar-refractivity contribution >= 4 is 23.7 Å². The number of pyridine rings is 1. The maximum atomic E-state index is 4.35. The van der Waals surface area contributed by atoms with Crippen molar-refractivity contribution in [1.29, 1.82) is 0 Å². The summed E-state index contributed by atoms with van der Waals surface area (Å²) in [6.45, 7) is 2.13. The fourth-order valence-electron chi connectivity index (χ4n) is 1.42. The van der Waals surface area contributed by atoms with Gasteiger partial charge in [0.05, 0.1) is 0 Å². The first-order valence-electron chi connectivity index (χ1n) is 3.97. The second-order valence-corrected chi connectivity index (χ2v) is 3.20. The molecule has 0 unspecified atom stereocenters. The molecule has 0 amide bonds. The van der Waals surface area contributed by atoms with Crippen molar-refractivity contribution < 1.29 is 0 Å². The maximum absolute atomic E-state index is 4.35. The van der Waals surface area contributed by atoms with Crippen LogP contribution < -0.4 is 0 Å². The molecular weight excluding hydrogens is 168 g/mol. The second-order valence-electron chi connectivity index (χ2n) is 2.72. The van der Waals surface area contributed by atoms with Gasteiger partial charge in [0.2, 0.25) is 0 Å². The largest absolute Gasteiger partial charge is 0.346 e. The number of fused-ring (bicyclic) bond motifs is 1. The van der Waals surface area contributed by atoms with Crippen LogP contribution in [0.25, 0.3) is 11.0 Å². The van der Waals surface area contributed by atoms with E-state index >= 15 is 0 Å². The van der Waals surface area contributed by atoms with E-state index in [0.717, 1.165) is 17.0 Å². The molecule has 0 aliphatic rings. The van der Waals surface area contributed by atoms with Crippen LogP contribution in [0.5, 0.6) is 0 Å². The van der Waals surface area contributed by atoms with Crippen LogP contribution in [-0.2, 0) is 6.42 Å². The molecule has 3 heteroatoms. The molecule has 62 valence electrons. The minimum absolute atomic E-state index is 0.949. The molecule has 2 heterocycles. The molecule has 0 aromatic carbocycles. The van der Waals surface area contributed by atoms with E-state index < -0.39 is 0 Å². The molecule has 0 saturated carbocycles. The molecular formula is C9H10N2S. The summed E-state index contributed by atoms with van der Waals surface area (Å²) >= 11 is 4.35. The summed E-state index contributed by atoms with van der Waals surface area (Å²) in [7, 11) is 0. The van der Waals surface area contributed by atoms with Crippen LogP contribution in [0.2, 0.25) is 0 Å². The summed E-state index contributed by atoms with van der Waals surface area (Å²) in [5.74, 6) is 0. The van der Waals surface area contributed by atoms with E-state index in [4.69, 9.17) is 0 Å². The van der Waals surface area contributed by atoms with Crippen molar-refractivity contribution in [2.24, 2.45) is 0 Å². The summed E-state index contributed by atoms with van der Waals surface area (Å²) < 4.78 is 0. The molecule has 0 fully saturated rings. The first-order valence-corrected chi connectivity index (χ1v) is 4.41. The first-order chi connectivity index (χ1) is 5.83. The van der Waals surface area contributed by atoms with E-state index in [-0.39, 0.29) is 0 Å². The molecule has 0 spiro atoms. The second kappa shape index (κ2) is 2.83. The predicted octanol–water partition coefficient (Wildman–Crippen LogP) is 2.41. The van der Waals surface area contributed by atoms with Crippen LogP contribution in [0.4, 0.5) is 0 Å². The normalized spacial score (nSPS) is 10.8. The molecule has 2 aromatic heterocycles. The third-order valence-corrected chi connectivity index (χ3v) is 2.41. The molecule has 2 nitrogen and oxygen atoms in total. The Hall–Kier alpha value is -0.960. The van der Waals surface area contributed by atoms with Crippen molar-refractivity contribution in [3.8, 4) is 0 Å². The molecule has 1 N–H and O–H groups in total. The van der Waals surface area contributed by atoms with Crippen molar-refractivity contribution in [2.45, 2.75) is 18.2 Å². The summed E-state index contributed by atoms with van der Waals surface area (Å²) in [5.41, 5.74) is 2.22. The zero-order valence-corrected chi connectivity index (χ0v) is 7.73. The number of hydrogen-bond acceptors (Lipinski definition) is 2. The van der Waals surface area contributed by atoms with Crippen LogP contribution in [0.3, 0.4) is 0 Å². The van der Waals surface area contributed by atoms with E-state index in [1.807, 2.05) is 12.3 Å². The van der Waals surface area contributed by atoms with E-state index in [2.05, 4.69) is 29.5 Å². The summed E-state index contributed by atoms with van der Waals surface area (Å²) in [6.07, 6.45) is 4.69. The van der Waals surface area contributed by atoms with Crippen molar-refractivity contribution in [1.82, 2.24) is 9.97 Å². The highest BCUT2D eigenvalue weighted by Crippen LogP contribution is 2.22. The Labute approximate surface area is 76.4 Å². The molecule has 2 aromatic rings. The van der Waals surface area contributed by atoms with E-state index in [1.165, 1.54) is 10.9 Å². The predicted molar refractivity (Wildman–Crippen MR) is 52.7 cm³/mol. The van der Waals surface area contributed by atoms with Crippen LogP contribution in [0, 0.1) is 0 Å². The monoisotopic (exact) mass is 178 g/mol. The Morgan fingerprint density at radius 2 is 2.42 bits per heavy atom. The zero-order chi connectivity index (χ0) is 8.55. The number of nitrogens with one attached hydrogen (secondary N) is 1. The van der Waals surface area contributed by atoms with Crippen LogP contribution in [0.15, 0.2) is 23.4 Å². The van der Waals surface area contributed by atoms with Crippen LogP contribution in [0.1, 0.15) is 12.5 Å². The fraction of sp³-hybridized carbons (Fsp3) is 0.222. The van der Waals surface area contributed by atoms with Crippen LogP contribution in [-0.4, -0.2) is 9.97 Å². The van der Waals surface area contributed by atoms with Crippen molar-refractivity contribution in [2.75, 3.05) is 0 Å². The van der Waals surface area contributed by atoms with E-state index in [9.17, 15) is 0 Å². The highest BCUT2D eigenvalue weighted by molar-refractivity contribution is 7.80. The van der Waals surface area contributed by atoms with Gasteiger partial charge in [-0.05, 0) is 18.1 Å². The molecule has 0 aliphatic heterocycles. The molecule has 2 rings (SSSR count). The number of thiol groups is 1. The third-order valence-electron chi connectivity index (χ3n) is 2.03. The van der Waals surface area contributed by atoms with Crippen molar-refractivity contribution in [3.63, 3.8) is 0 Å². The molecule has 0 bridgehead atoms. The Bertz CT molecular complexity index is 406. The van der Waals surface area contributed by atoms with Crippen LogP contribution >= 0.6 is 12.6 Å². The first kappa shape index (κ1) is 7.68. The number of rotatable bonds is 1. The number of aromatic amines is 1. The lowest BCUT2D eigenvalue weighted by atomic mass is 10.1. The number of nitrogens with zero attached hydrogens (tertiary/aromatic N) is 1. The van der Waals surface area contributed by atoms with Gasteiger partial charge in [-0.1, -0.05) is 6.92 Å². The topological polar surface area (TPSA) is 28.7 Å². The SMILES string of the molecule is CCc1c(S)cnc2[nH]ccc12. The molecule has 0 atom stereocenters. The Morgan fingerprint density at radius 3 is 3.17 bits per heavy atom. The smallest absolute Gasteiger partial charge is 0.137 e. The highest BCUT2D eigenvalue weighted by atomic mass is 32.1. The number of aryl methyl sites for hydroxylation is 1. The van der Waals surface area contributed by atoms with Gasteiger partial charge in [0.25, 0.3) is 0 Å². The Kier molecular flexibility index (Phi) is 1.81. The number of hydrogen-bond donors (Lipinski definition) is 2. The van der Waals surface area contributed by atoms with Gasteiger partial charge in [0, 0.05) is 22.7 Å². The molecule has 0 saturated heterocycles. The molecule has 0 radical (unpaired) electrons. The minimum atomic E-state index is 0.949. The molecule has 12 heavy (non-hydrogen) atoms. The average Bonchev–Trinajstić information content (AvgIpc) is 2.52. The van der Waals surface area contributed by atoms with Gasteiger partial charge in [-0.3, -0.25) is 0 Å². The standard InChI is InChI=1S/C9H10N2S/c1-2-6-7-3-4-10-9(7)11-5-8(6)12/h3-5,12H,2H2,1H3,(H,10,11). The maximum Gasteiger partial charge on any atom is 0.137 e.